The number of urea groups is 1. The van der Waals surface area contributed by atoms with E-state index in [1.54, 1.807) is 18.9 Å². The van der Waals surface area contributed by atoms with Crippen LogP contribution in [0.4, 0.5) is 4.79 Å². The van der Waals surface area contributed by atoms with Crippen LogP contribution in [0.15, 0.2) is 42.6 Å². The van der Waals surface area contributed by atoms with Gasteiger partial charge < -0.3 is 10.2 Å². The number of nitrogens with one attached hydrogen (secondary N) is 1. The lowest BCUT2D eigenvalue weighted by Crippen LogP contribution is -2.35. The van der Waals surface area contributed by atoms with Crippen LogP contribution in [-0.2, 0) is 6.54 Å². The Labute approximate surface area is 90.4 Å². The van der Waals surface area contributed by atoms with Gasteiger partial charge in [-0.25, -0.2) is 4.79 Å². The first-order valence-electron chi connectivity index (χ1n) is 4.81. The summed E-state index contributed by atoms with van der Waals surface area (Å²) >= 11 is 0. The average molecular weight is 204 g/mol. The Bertz CT molecular complexity index is 346. The maximum atomic E-state index is 11.5. The van der Waals surface area contributed by atoms with E-state index in [4.69, 9.17) is 0 Å². The van der Waals surface area contributed by atoms with Gasteiger partial charge in [0.05, 0.1) is 0 Å². The predicted molar refractivity (Wildman–Crippen MR) is 61.3 cm³/mol. The highest BCUT2D eigenvalue weighted by atomic mass is 16.2. The standard InChI is InChI=1S/C12H16N2O/c1-10(2)13-12(15)14(3)9-11-7-5-4-6-8-11/h4-8H,1,9H2,2-3H3,(H,13,15). The molecule has 15 heavy (non-hydrogen) atoms. The first-order valence-corrected chi connectivity index (χ1v) is 4.81. The van der Waals surface area contributed by atoms with Crippen LogP contribution in [0, 0.1) is 0 Å². The second-order valence-electron chi connectivity index (χ2n) is 3.55. The molecule has 1 N–H and O–H groups in total. The number of hydrogen-bond donors (Lipinski definition) is 1. The van der Waals surface area contributed by atoms with Crippen molar-refractivity contribution < 1.29 is 4.79 Å². The third-order valence-electron chi connectivity index (χ3n) is 1.93. The summed E-state index contributed by atoms with van der Waals surface area (Å²) in [7, 11) is 1.76. The van der Waals surface area contributed by atoms with E-state index in [2.05, 4.69) is 11.9 Å². The molecule has 0 unspecified atom stereocenters. The maximum absolute atomic E-state index is 11.5. The quantitative estimate of drug-likeness (QED) is 0.805. The fourth-order valence-corrected chi connectivity index (χ4v) is 1.21. The van der Waals surface area contributed by atoms with Gasteiger partial charge in [0, 0.05) is 19.3 Å². The number of carbonyl (C=O) groups is 1. The van der Waals surface area contributed by atoms with Gasteiger partial charge in [-0.1, -0.05) is 36.9 Å². The number of amides is 2. The molecule has 0 radical (unpaired) electrons. The van der Waals surface area contributed by atoms with Gasteiger partial charge in [-0.2, -0.15) is 0 Å². The molecule has 2 amide bonds. The second kappa shape index (κ2) is 5.20. The molecule has 1 rings (SSSR count). The molecule has 0 aliphatic heterocycles. The van der Waals surface area contributed by atoms with E-state index in [9.17, 15) is 4.79 Å². The van der Waals surface area contributed by atoms with Gasteiger partial charge in [-0.05, 0) is 12.5 Å². The highest BCUT2D eigenvalue weighted by Crippen LogP contribution is 2.02. The Morgan fingerprint density at radius 1 is 1.40 bits per heavy atom. The molecule has 0 fully saturated rings. The minimum absolute atomic E-state index is 0.133. The Kier molecular flexibility index (Phi) is 3.92. The van der Waals surface area contributed by atoms with E-state index in [0.717, 1.165) is 5.56 Å². The van der Waals surface area contributed by atoms with Crippen molar-refractivity contribution in [2.24, 2.45) is 0 Å². The topological polar surface area (TPSA) is 32.3 Å². The Hall–Kier alpha value is -1.77. The number of carbonyl (C=O) groups excluding carboxylic acids is 1. The molecule has 1 aromatic rings. The highest BCUT2D eigenvalue weighted by Gasteiger charge is 2.07. The molecule has 0 saturated carbocycles. The highest BCUT2D eigenvalue weighted by molar-refractivity contribution is 5.75. The normalized spacial score (nSPS) is 9.47. The van der Waals surface area contributed by atoms with Gasteiger partial charge in [0.2, 0.25) is 0 Å². The first kappa shape index (κ1) is 11.3. The maximum Gasteiger partial charge on any atom is 0.321 e. The van der Waals surface area contributed by atoms with Gasteiger partial charge in [0.25, 0.3) is 0 Å². The second-order valence-corrected chi connectivity index (χ2v) is 3.55. The molecule has 0 spiro atoms. The molecule has 3 heteroatoms. The van der Waals surface area contributed by atoms with E-state index >= 15 is 0 Å². The molecule has 0 atom stereocenters. The molecule has 80 valence electrons. The summed E-state index contributed by atoms with van der Waals surface area (Å²) in [4.78, 5) is 13.1. The molecular formula is C12H16N2O. The number of rotatable bonds is 3. The lowest BCUT2D eigenvalue weighted by atomic mass is 10.2. The summed E-state index contributed by atoms with van der Waals surface area (Å²) in [6.45, 7) is 5.98. The average Bonchev–Trinajstić information content (AvgIpc) is 2.18. The number of nitrogens with zero attached hydrogens (tertiary/aromatic N) is 1. The van der Waals surface area contributed by atoms with Crippen LogP contribution < -0.4 is 5.32 Å². The summed E-state index contributed by atoms with van der Waals surface area (Å²) in [5, 5.41) is 2.66. The third kappa shape index (κ3) is 3.85. The lowest BCUT2D eigenvalue weighted by Gasteiger charge is -2.17. The van der Waals surface area contributed by atoms with Crippen LogP contribution in [0.3, 0.4) is 0 Å². The fourth-order valence-electron chi connectivity index (χ4n) is 1.21. The van der Waals surface area contributed by atoms with E-state index < -0.39 is 0 Å². The van der Waals surface area contributed by atoms with E-state index in [-0.39, 0.29) is 6.03 Å². The zero-order valence-electron chi connectivity index (χ0n) is 9.16. The Morgan fingerprint density at radius 2 is 2.00 bits per heavy atom. The van der Waals surface area contributed by atoms with E-state index in [1.807, 2.05) is 30.3 Å². The molecule has 0 aromatic heterocycles. The summed E-state index contributed by atoms with van der Waals surface area (Å²) in [5.74, 6) is 0. The third-order valence-corrected chi connectivity index (χ3v) is 1.93. The van der Waals surface area contributed by atoms with Gasteiger partial charge in [-0.3, -0.25) is 0 Å². The Balaban J connectivity index is 2.52. The molecule has 0 heterocycles. The van der Waals surface area contributed by atoms with Crippen LogP contribution in [0.2, 0.25) is 0 Å². The minimum atomic E-state index is -0.133. The molecule has 0 aliphatic rings. The number of hydrogen-bond acceptors (Lipinski definition) is 1. The summed E-state index contributed by atoms with van der Waals surface area (Å²) < 4.78 is 0. The smallest absolute Gasteiger partial charge is 0.321 e. The monoisotopic (exact) mass is 204 g/mol. The van der Waals surface area contributed by atoms with Crippen LogP contribution in [0.1, 0.15) is 12.5 Å². The zero-order valence-corrected chi connectivity index (χ0v) is 9.16. The summed E-state index contributed by atoms with van der Waals surface area (Å²) in [6.07, 6.45) is 0. The van der Waals surface area contributed by atoms with Crippen molar-refractivity contribution in [3.8, 4) is 0 Å². The minimum Gasteiger partial charge on any atom is -0.323 e. The molecular weight excluding hydrogens is 188 g/mol. The Morgan fingerprint density at radius 3 is 2.53 bits per heavy atom. The van der Waals surface area contributed by atoms with Gasteiger partial charge in [0.15, 0.2) is 0 Å². The van der Waals surface area contributed by atoms with E-state index in [1.165, 1.54) is 0 Å². The first-order chi connectivity index (χ1) is 7.09. The van der Waals surface area contributed by atoms with Crippen LogP contribution in [0.5, 0.6) is 0 Å². The lowest BCUT2D eigenvalue weighted by molar-refractivity contribution is 0.210. The molecule has 0 aliphatic carbocycles. The summed E-state index contributed by atoms with van der Waals surface area (Å²) in [5.41, 5.74) is 1.76. The fraction of sp³-hybridized carbons (Fsp3) is 0.250. The largest absolute Gasteiger partial charge is 0.323 e. The number of allylic oxidation sites excluding steroid dienone is 1. The van der Waals surface area contributed by atoms with Crippen molar-refractivity contribution in [1.29, 1.82) is 0 Å². The van der Waals surface area contributed by atoms with Crippen molar-refractivity contribution in [3.63, 3.8) is 0 Å². The van der Waals surface area contributed by atoms with Crippen LogP contribution >= 0.6 is 0 Å². The predicted octanol–water partition coefficient (Wildman–Crippen LogP) is 2.36. The molecule has 0 saturated heterocycles. The SMILES string of the molecule is C=C(C)NC(=O)N(C)Cc1ccccc1. The van der Waals surface area contributed by atoms with Gasteiger partial charge >= 0.3 is 6.03 Å². The van der Waals surface area contributed by atoms with Crippen molar-refractivity contribution >= 4 is 6.03 Å². The van der Waals surface area contributed by atoms with E-state index in [0.29, 0.717) is 12.2 Å². The van der Waals surface area contributed by atoms with Crippen LogP contribution in [0.25, 0.3) is 0 Å². The molecule has 0 bridgehead atoms. The zero-order chi connectivity index (χ0) is 11.3. The van der Waals surface area contributed by atoms with Crippen molar-refractivity contribution in [3.05, 3.63) is 48.2 Å². The molecule has 3 nitrogen and oxygen atoms in total. The van der Waals surface area contributed by atoms with Gasteiger partial charge in [0.1, 0.15) is 0 Å². The van der Waals surface area contributed by atoms with Crippen molar-refractivity contribution in [2.75, 3.05) is 7.05 Å². The van der Waals surface area contributed by atoms with Crippen molar-refractivity contribution in [2.45, 2.75) is 13.5 Å². The summed E-state index contributed by atoms with van der Waals surface area (Å²) in [6, 6.07) is 9.72. The van der Waals surface area contributed by atoms with Crippen molar-refractivity contribution in [1.82, 2.24) is 10.2 Å². The number of benzene rings is 1. The van der Waals surface area contributed by atoms with Crippen LogP contribution in [-0.4, -0.2) is 18.0 Å². The molecule has 1 aromatic carbocycles. The van der Waals surface area contributed by atoms with Gasteiger partial charge in [-0.15, -0.1) is 0 Å².